The van der Waals surface area contributed by atoms with Gasteiger partial charge in [-0.25, -0.2) is 14.0 Å². The van der Waals surface area contributed by atoms with Crippen LogP contribution in [0.1, 0.15) is 10.4 Å². The second-order valence-electron chi connectivity index (χ2n) is 6.66. The molecular formula is C17H17FN4O5. The second kappa shape index (κ2) is 5.86. The molecule has 0 radical (unpaired) electrons. The van der Waals surface area contributed by atoms with Crippen molar-refractivity contribution < 1.29 is 28.3 Å². The zero-order valence-corrected chi connectivity index (χ0v) is 14.7. The summed E-state index contributed by atoms with van der Waals surface area (Å²) in [5, 5.41) is 16.4. The number of urea groups is 1. The second-order valence-corrected chi connectivity index (χ2v) is 6.66. The first-order valence-corrected chi connectivity index (χ1v) is 8.20. The summed E-state index contributed by atoms with van der Waals surface area (Å²) in [6.45, 7) is 1.35. The third-order valence-electron chi connectivity index (χ3n) is 5.16. The van der Waals surface area contributed by atoms with E-state index in [-0.39, 0.29) is 34.5 Å². The van der Waals surface area contributed by atoms with Gasteiger partial charge >= 0.3 is 12.0 Å². The fourth-order valence-electron chi connectivity index (χ4n) is 3.52. The van der Waals surface area contributed by atoms with E-state index < -0.39 is 11.8 Å². The van der Waals surface area contributed by atoms with Gasteiger partial charge in [0, 0.05) is 32.2 Å². The first-order chi connectivity index (χ1) is 12.9. The van der Waals surface area contributed by atoms with Crippen LogP contribution in [0.5, 0.6) is 5.75 Å². The summed E-state index contributed by atoms with van der Waals surface area (Å²) in [4.78, 5) is 26.9. The van der Waals surface area contributed by atoms with Crippen molar-refractivity contribution in [3.8, 4) is 17.1 Å². The van der Waals surface area contributed by atoms with E-state index in [9.17, 15) is 19.1 Å². The molecule has 0 aliphatic carbocycles. The number of aromatic carboxylic acids is 1. The lowest BCUT2D eigenvalue weighted by Gasteiger charge is -2.50. The van der Waals surface area contributed by atoms with Gasteiger partial charge in [0.25, 0.3) is 0 Å². The zero-order chi connectivity index (χ0) is 19.3. The fourth-order valence-corrected chi connectivity index (χ4v) is 3.52. The molecule has 2 amide bonds. The van der Waals surface area contributed by atoms with Crippen molar-refractivity contribution in [1.29, 1.82) is 0 Å². The summed E-state index contributed by atoms with van der Waals surface area (Å²) in [5.74, 6) is -1.60. The van der Waals surface area contributed by atoms with Gasteiger partial charge in [-0.15, -0.1) is 0 Å². The normalized spacial score (nSPS) is 17.8. The largest absolute Gasteiger partial charge is 0.494 e. The molecule has 2 aliphatic rings. The van der Waals surface area contributed by atoms with Gasteiger partial charge in [0.1, 0.15) is 0 Å². The number of amides is 2. The number of carbonyl (C=O) groups is 2. The number of benzene rings is 1. The number of rotatable bonds is 4. The standard InChI is InChI=1S/C17H17FN4O5/c1-21-16(25)19-6-17(21)7-22(8-17)14-12(15(23)24)13(27-20-14)9-3-4-10(18)11(5-9)26-2/h3-5H,6-8H2,1-2H3,(H,19,25)(H,23,24). The van der Waals surface area contributed by atoms with Gasteiger partial charge in [0.2, 0.25) is 0 Å². The Hall–Kier alpha value is -3.30. The Kier molecular flexibility index (Phi) is 3.72. The number of halogens is 1. The van der Waals surface area contributed by atoms with Crippen molar-refractivity contribution in [1.82, 2.24) is 15.4 Å². The van der Waals surface area contributed by atoms with Gasteiger partial charge in [-0.2, -0.15) is 0 Å². The highest BCUT2D eigenvalue weighted by molar-refractivity contribution is 6.00. The highest BCUT2D eigenvalue weighted by Gasteiger charge is 2.53. The minimum atomic E-state index is -1.21. The van der Waals surface area contributed by atoms with Crippen molar-refractivity contribution >= 4 is 17.8 Å². The van der Waals surface area contributed by atoms with Gasteiger partial charge in [-0.1, -0.05) is 5.16 Å². The summed E-state index contributed by atoms with van der Waals surface area (Å²) < 4.78 is 23.9. The predicted octanol–water partition coefficient (Wildman–Crippen LogP) is 1.40. The molecule has 142 valence electrons. The van der Waals surface area contributed by atoms with Crippen LogP contribution in [0, 0.1) is 5.82 Å². The molecule has 0 unspecified atom stereocenters. The fraction of sp³-hybridized carbons (Fsp3) is 0.353. The van der Waals surface area contributed by atoms with Crippen LogP contribution in [0.15, 0.2) is 22.7 Å². The van der Waals surface area contributed by atoms with Gasteiger partial charge < -0.3 is 29.5 Å². The van der Waals surface area contributed by atoms with E-state index in [1.807, 2.05) is 0 Å². The molecule has 0 saturated carbocycles. The minimum absolute atomic E-state index is 0.0192. The maximum atomic E-state index is 13.6. The SMILES string of the molecule is COc1cc(-c2onc(N3CC4(CNC(=O)N4C)C3)c2C(=O)O)ccc1F. The Morgan fingerprint density at radius 2 is 2.19 bits per heavy atom. The van der Waals surface area contributed by atoms with Crippen LogP contribution in [0.25, 0.3) is 11.3 Å². The van der Waals surface area contributed by atoms with Crippen LogP contribution in [-0.4, -0.2) is 66.5 Å². The quantitative estimate of drug-likeness (QED) is 0.830. The number of carbonyl (C=O) groups excluding carboxylic acids is 1. The number of likely N-dealkylation sites (N-methyl/N-ethyl adjacent to an activating group) is 1. The number of nitrogens with zero attached hydrogens (tertiary/aromatic N) is 3. The average molecular weight is 376 g/mol. The number of nitrogens with one attached hydrogen (secondary N) is 1. The van der Waals surface area contributed by atoms with Crippen molar-refractivity contribution in [3.63, 3.8) is 0 Å². The Balaban J connectivity index is 1.67. The Bertz CT molecular complexity index is 937. The summed E-state index contributed by atoms with van der Waals surface area (Å²) >= 11 is 0. The van der Waals surface area contributed by atoms with Crippen molar-refractivity contribution in [2.24, 2.45) is 0 Å². The molecule has 1 aromatic carbocycles. The van der Waals surface area contributed by atoms with Crippen molar-refractivity contribution in [2.75, 3.05) is 38.7 Å². The molecule has 2 aromatic rings. The molecule has 4 rings (SSSR count). The van der Waals surface area contributed by atoms with Crippen LogP contribution in [0.3, 0.4) is 0 Å². The van der Waals surface area contributed by atoms with Crippen molar-refractivity contribution in [3.05, 3.63) is 29.6 Å². The monoisotopic (exact) mass is 376 g/mol. The van der Waals surface area contributed by atoms with E-state index in [0.717, 1.165) is 0 Å². The molecule has 1 spiro atoms. The molecule has 27 heavy (non-hydrogen) atoms. The highest BCUT2D eigenvalue weighted by Crippen LogP contribution is 2.39. The van der Waals surface area contributed by atoms with E-state index in [4.69, 9.17) is 9.26 Å². The topological polar surface area (TPSA) is 108 Å². The lowest BCUT2D eigenvalue weighted by Crippen LogP contribution is -2.69. The molecule has 2 fully saturated rings. The van der Waals surface area contributed by atoms with Crippen LogP contribution in [0.2, 0.25) is 0 Å². The summed E-state index contributed by atoms with van der Waals surface area (Å²) in [7, 11) is 3.02. The molecule has 0 atom stereocenters. The zero-order valence-electron chi connectivity index (χ0n) is 14.7. The number of hydrogen-bond donors (Lipinski definition) is 2. The maximum absolute atomic E-state index is 13.6. The Morgan fingerprint density at radius 3 is 2.78 bits per heavy atom. The molecule has 2 aliphatic heterocycles. The van der Waals surface area contributed by atoms with Gasteiger partial charge in [0.05, 0.1) is 12.6 Å². The summed E-state index contributed by atoms with van der Waals surface area (Å²) in [5.41, 5.74) is -0.154. The summed E-state index contributed by atoms with van der Waals surface area (Å²) in [6, 6.07) is 3.77. The van der Waals surface area contributed by atoms with E-state index in [1.54, 1.807) is 16.8 Å². The molecule has 3 heterocycles. The Labute approximate surface area is 153 Å². The van der Waals surface area contributed by atoms with Crippen LogP contribution in [0.4, 0.5) is 15.0 Å². The number of hydrogen-bond acceptors (Lipinski definition) is 6. The van der Waals surface area contributed by atoms with Gasteiger partial charge in [-0.05, 0) is 18.2 Å². The smallest absolute Gasteiger partial charge is 0.343 e. The number of ether oxygens (including phenoxy) is 1. The molecule has 9 nitrogen and oxygen atoms in total. The van der Waals surface area contributed by atoms with Crippen molar-refractivity contribution in [2.45, 2.75) is 5.54 Å². The lowest BCUT2D eigenvalue weighted by molar-refractivity contribution is 0.0696. The molecular weight excluding hydrogens is 359 g/mol. The number of carboxylic acids is 1. The number of anilines is 1. The maximum Gasteiger partial charge on any atom is 0.343 e. The van der Waals surface area contributed by atoms with E-state index >= 15 is 0 Å². The molecule has 2 saturated heterocycles. The molecule has 10 heteroatoms. The van der Waals surface area contributed by atoms with Crippen LogP contribution < -0.4 is 15.0 Å². The van der Waals surface area contributed by atoms with Crippen LogP contribution in [-0.2, 0) is 0 Å². The first-order valence-electron chi connectivity index (χ1n) is 8.20. The Morgan fingerprint density at radius 1 is 1.44 bits per heavy atom. The predicted molar refractivity (Wildman–Crippen MR) is 91.5 cm³/mol. The number of methoxy groups -OCH3 is 1. The summed E-state index contributed by atoms with van der Waals surface area (Å²) in [6.07, 6.45) is 0. The van der Waals surface area contributed by atoms with E-state index in [0.29, 0.717) is 25.2 Å². The highest BCUT2D eigenvalue weighted by atomic mass is 19.1. The third-order valence-corrected chi connectivity index (χ3v) is 5.16. The minimum Gasteiger partial charge on any atom is -0.494 e. The molecule has 2 N–H and O–H groups in total. The third kappa shape index (κ3) is 2.47. The molecule has 0 bridgehead atoms. The van der Waals surface area contributed by atoms with Gasteiger partial charge in [-0.3, -0.25) is 0 Å². The number of aromatic nitrogens is 1. The average Bonchev–Trinajstić information content (AvgIpc) is 3.17. The van der Waals surface area contributed by atoms with Crippen LogP contribution >= 0.6 is 0 Å². The first kappa shape index (κ1) is 17.1. The van der Waals surface area contributed by atoms with E-state index in [1.165, 1.54) is 25.3 Å². The lowest BCUT2D eigenvalue weighted by atomic mass is 9.89. The van der Waals surface area contributed by atoms with E-state index in [2.05, 4.69) is 10.5 Å². The van der Waals surface area contributed by atoms with Gasteiger partial charge in [0.15, 0.2) is 28.7 Å². The number of carboxylic acid groups (broad SMARTS) is 1. The molecule has 1 aromatic heterocycles.